The predicted octanol–water partition coefficient (Wildman–Crippen LogP) is 1.11. The largest absolute Gasteiger partial charge is 0.396 e. The molecule has 0 amide bonds. The van der Waals surface area contributed by atoms with Gasteiger partial charge in [-0.2, -0.15) is 0 Å². The van der Waals surface area contributed by atoms with E-state index in [0.29, 0.717) is 12.5 Å². The van der Waals surface area contributed by atoms with Crippen molar-refractivity contribution in [1.82, 2.24) is 0 Å². The van der Waals surface area contributed by atoms with Gasteiger partial charge in [0.25, 0.3) is 0 Å². The Morgan fingerprint density at radius 3 is 1.71 bits per heavy atom. The highest BCUT2D eigenvalue weighted by Crippen LogP contribution is 1.83. The minimum absolute atomic E-state index is 0.306. The van der Waals surface area contributed by atoms with Crippen molar-refractivity contribution in [3.8, 4) is 0 Å². The Morgan fingerprint density at radius 1 is 1.57 bits per heavy atom. The highest BCUT2D eigenvalue weighted by atomic mass is 31.0. The van der Waals surface area contributed by atoms with Crippen LogP contribution in [-0.2, 0) is 4.57 Å². The predicted molar refractivity (Wildman–Crippen MR) is 30.9 cm³/mol. The van der Waals surface area contributed by atoms with Gasteiger partial charge < -0.3 is 5.11 Å². The van der Waals surface area contributed by atoms with E-state index in [1.54, 1.807) is 9.12 Å². The van der Waals surface area contributed by atoms with Crippen molar-refractivity contribution >= 4 is 9.12 Å². The Kier molecular flexibility index (Phi) is 13.6. The number of hydrogen-bond acceptors (Lipinski definition) is 2. The molecule has 44 valence electrons. The molecular formula is C4H11O2P. The number of aliphatic hydroxyl groups is 1. The van der Waals surface area contributed by atoms with Gasteiger partial charge in [-0.3, -0.25) is 4.57 Å². The summed E-state index contributed by atoms with van der Waals surface area (Å²) in [5, 5.41) is 8.14. The Bertz CT molecular complexity index is 30.9. The summed E-state index contributed by atoms with van der Waals surface area (Å²) in [6.45, 7) is 4.25. The van der Waals surface area contributed by atoms with Crippen LogP contribution in [0.2, 0.25) is 0 Å². The third-order valence-corrected chi connectivity index (χ3v) is 0.365. The quantitative estimate of drug-likeness (QED) is 0.529. The first-order valence-corrected chi connectivity index (χ1v) is 2.49. The summed E-state index contributed by atoms with van der Waals surface area (Å²) in [5.41, 5.74) is 0. The Balaban J connectivity index is 0. The van der Waals surface area contributed by atoms with Crippen LogP contribution in [0.3, 0.4) is 0 Å². The molecule has 2 nitrogen and oxygen atoms in total. The third kappa shape index (κ3) is 23.5. The lowest BCUT2D eigenvalue weighted by atomic mass is 10.2. The highest BCUT2D eigenvalue weighted by molar-refractivity contribution is 7.00. The van der Waals surface area contributed by atoms with E-state index in [1.807, 2.05) is 13.8 Å². The van der Waals surface area contributed by atoms with E-state index in [4.69, 9.17) is 9.67 Å². The van der Waals surface area contributed by atoms with E-state index in [9.17, 15) is 0 Å². The average Bonchev–Trinajstić information content (AvgIpc) is 1.73. The van der Waals surface area contributed by atoms with E-state index < -0.39 is 0 Å². The molecule has 3 heteroatoms. The van der Waals surface area contributed by atoms with Gasteiger partial charge in [-0.25, -0.2) is 0 Å². The first-order chi connectivity index (χ1) is 3.27. The summed E-state index contributed by atoms with van der Waals surface area (Å²) >= 11 is 0. The van der Waals surface area contributed by atoms with E-state index in [-0.39, 0.29) is 0 Å². The minimum atomic E-state index is 0.306. The standard InChI is InChI=1S/C4H10O.HOP/c1-4(2)3-5;1-2/h4-5H,3H2,1-2H3;2H. The molecule has 0 aromatic rings. The van der Waals surface area contributed by atoms with Crippen molar-refractivity contribution in [2.24, 2.45) is 5.92 Å². The normalized spacial score (nSPS) is 7.43. The fourth-order valence-corrected chi connectivity index (χ4v) is 0. The molecule has 1 N–H and O–H groups in total. The van der Waals surface area contributed by atoms with Gasteiger partial charge in [0, 0.05) is 6.61 Å². The van der Waals surface area contributed by atoms with E-state index in [0.717, 1.165) is 0 Å². The third-order valence-electron chi connectivity index (χ3n) is 0.365. The second-order valence-electron chi connectivity index (χ2n) is 1.58. The van der Waals surface area contributed by atoms with Crippen molar-refractivity contribution < 1.29 is 9.67 Å². The Morgan fingerprint density at radius 2 is 1.71 bits per heavy atom. The fourth-order valence-electron chi connectivity index (χ4n) is 0. The van der Waals surface area contributed by atoms with Crippen LogP contribution in [0.15, 0.2) is 0 Å². The zero-order chi connectivity index (χ0) is 6.28. The molecule has 0 aromatic carbocycles. The Hall–Kier alpha value is 0.0600. The molecule has 0 saturated carbocycles. The molecule has 0 fully saturated rings. The molecule has 0 aliphatic carbocycles. The van der Waals surface area contributed by atoms with E-state index in [2.05, 4.69) is 0 Å². The monoisotopic (exact) mass is 122 g/mol. The highest BCUT2D eigenvalue weighted by Gasteiger charge is 1.81. The van der Waals surface area contributed by atoms with Crippen molar-refractivity contribution in [3.05, 3.63) is 0 Å². The first-order valence-electron chi connectivity index (χ1n) is 2.08. The minimum Gasteiger partial charge on any atom is -0.396 e. The van der Waals surface area contributed by atoms with Gasteiger partial charge in [0.2, 0.25) is 0 Å². The molecule has 0 saturated heterocycles. The lowest BCUT2D eigenvalue weighted by Crippen LogP contribution is -1.90. The van der Waals surface area contributed by atoms with Crippen molar-refractivity contribution in [3.63, 3.8) is 0 Å². The van der Waals surface area contributed by atoms with Crippen LogP contribution in [-0.4, -0.2) is 11.7 Å². The lowest BCUT2D eigenvalue weighted by molar-refractivity contribution is 0.248. The number of aliphatic hydroxyl groups excluding tert-OH is 1. The number of hydrogen-bond donors (Lipinski definition) is 1. The smallest absolute Gasteiger partial charge is 0.138 e. The molecule has 0 aliphatic rings. The lowest BCUT2D eigenvalue weighted by Gasteiger charge is -1.90. The van der Waals surface area contributed by atoms with Gasteiger partial charge in [-0.05, 0) is 5.92 Å². The topological polar surface area (TPSA) is 37.3 Å². The van der Waals surface area contributed by atoms with Crippen molar-refractivity contribution in [2.45, 2.75) is 13.8 Å². The molecule has 0 atom stereocenters. The maximum atomic E-state index is 8.14. The maximum Gasteiger partial charge on any atom is 0.138 e. The second kappa shape index (κ2) is 9.41. The van der Waals surface area contributed by atoms with Crippen molar-refractivity contribution in [2.75, 3.05) is 6.61 Å². The van der Waals surface area contributed by atoms with E-state index >= 15 is 0 Å². The van der Waals surface area contributed by atoms with Gasteiger partial charge in [0.1, 0.15) is 9.12 Å². The van der Waals surface area contributed by atoms with Gasteiger partial charge in [0.05, 0.1) is 0 Å². The molecular weight excluding hydrogens is 111 g/mol. The molecule has 0 aliphatic heterocycles. The zero-order valence-corrected chi connectivity index (χ0v) is 5.64. The van der Waals surface area contributed by atoms with Crippen LogP contribution in [0.5, 0.6) is 0 Å². The van der Waals surface area contributed by atoms with Crippen LogP contribution >= 0.6 is 9.12 Å². The Labute approximate surface area is 46.2 Å². The number of rotatable bonds is 1. The van der Waals surface area contributed by atoms with Crippen LogP contribution in [0, 0.1) is 5.92 Å². The average molecular weight is 122 g/mol. The molecule has 0 spiro atoms. The molecule has 0 unspecified atom stereocenters. The summed E-state index contributed by atoms with van der Waals surface area (Å²) in [7, 11) is 1.72. The molecule has 7 heavy (non-hydrogen) atoms. The van der Waals surface area contributed by atoms with Gasteiger partial charge in [0.15, 0.2) is 0 Å². The maximum absolute atomic E-state index is 8.14. The molecule has 0 heterocycles. The molecule has 0 bridgehead atoms. The fraction of sp³-hybridized carbons (Fsp3) is 1.00. The van der Waals surface area contributed by atoms with Gasteiger partial charge in [-0.15, -0.1) is 0 Å². The van der Waals surface area contributed by atoms with Crippen LogP contribution < -0.4 is 0 Å². The van der Waals surface area contributed by atoms with Gasteiger partial charge in [-0.1, -0.05) is 13.8 Å². The van der Waals surface area contributed by atoms with Crippen LogP contribution in [0.25, 0.3) is 0 Å². The first kappa shape index (κ1) is 10.1. The summed E-state index contributed by atoms with van der Waals surface area (Å²) in [6, 6.07) is 0. The molecule has 0 aromatic heterocycles. The zero-order valence-electron chi connectivity index (χ0n) is 4.64. The molecule has 0 rings (SSSR count). The molecule has 0 radical (unpaired) electrons. The summed E-state index contributed by atoms with van der Waals surface area (Å²) in [6.07, 6.45) is 0. The summed E-state index contributed by atoms with van der Waals surface area (Å²) in [5.74, 6) is 0.440. The van der Waals surface area contributed by atoms with Crippen molar-refractivity contribution in [1.29, 1.82) is 0 Å². The van der Waals surface area contributed by atoms with Gasteiger partial charge >= 0.3 is 0 Å². The van der Waals surface area contributed by atoms with Crippen LogP contribution in [0.1, 0.15) is 13.8 Å². The SMILES string of the molecule is CC(C)CO.O=P. The van der Waals surface area contributed by atoms with Crippen LogP contribution in [0.4, 0.5) is 0 Å². The second-order valence-corrected chi connectivity index (χ2v) is 1.58. The van der Waals surface area contributed by atoms with E-state index in [1.165, 1.54) is 0 Å². The summed E-state index contributed by atoms with van der Waals surface area (Å²) < 4.78 is 8.06. The summed E-state index contributed by atoms with van der Waals surface area (Å²) in [4.78, 5) is 0.